The summed E-state index contributed by atoms with van der Waals surface area (Å²) >= 11 is 0. The number of hydrogen-bond donors (Lipinski definition) is 1. The summed E-state index contributed by atoms with van der Waals surface area (Å²) < 4.78 is 86.8. The predicted molar refractivity (Wildman–Crippen MR) is 114 cm³/mol. The molecule has 2 heterocycles. The van der Waals surface area contributed by atoms with E-state index in [0.717, 1.165) is 18.6 Å². The van der Waals surface area contributed by atoms with Crippen molar-refractivity contribution in [2.75, 3.05) is 18.1 Å². The zero-order valence-corrected chi connectivity index (χ0v) is 18.3. The fourth-order valence-corrected chi connectivity index (χ4v) is 4.61. The standard InChI is InChI=1S/C24H21F6N3O2/c25-23(26,27)20-10-14(3-4-15(20)12-31)19-11-16(32-22(19)24(28,29)30)13-35-18-7-5-17(6-8-18)33-9-1-2-21(33)34/h3-8,10,16,19,22,32H,1-2,9,11,13H2/t16-,19?,22+/m0/s1. The topological polar surface area (TPSA) is 65.4 Å². The van der Waals surface area contributed by atoms with Crippen molar-refractivity contribution in [3.8, 4) is 11.8 Å². The van der Waals surface area contributed by atoms with E-state index in [1.54, 1.807) is 29.2 Å². The number of benzene rings is 2. The predicted octanol–water partition coefficient (Wildman–Crippen LogP) is 5.16. The Balaban J connectivity index is 1.48. The molecule has 1 amide bonds. The average molecular weight is 497 g/mol. The van der Waals surface area contributed by atoms with E-state index in [9.17, 15) is 31.1 Å². The number of carbonyl (C=O) groups is 1. The number of ether oxygens (including phenoxy) is 1. The molecule has 0 aliphatic carbocycles. The highest BCUT2D eigenvalue weighted by Gasteiger charge is 2.51. The van der Waals surface area contributed by atoms with E-state index in [0.29, 0.717) is 30.5 Å². The van der Waals surface area contributed by atoms with Crippen LogP contribution in [0.5, 0.6) is 5.75 Å². The summed E-state index contributed by atoms with van der Waals surface area (Å²) in [4.78, 5) is 13.5. The van der Waals surface area contributed by atoms with E-state index in [1.807, 2.05) is 0 Å². The minimum absolute atomic E-state index is 0.0227. The zero-order valence-electron chi connectivity index (χ0n) is 18.3. The van der Waals surface area contributed by atoms with Crippen molar-refractivity contribution >= 4 is 11.6 Å². The van der Waals surface area contributed by atoms with Crippen LogP contribution >= 0.6 is 0 Å². The summed E-state index contributed by atoms with van der Waals surface area (Å²) in [5, 5.41) is 11.4. The molecule has 35 heavy (non-hydrogen) atoms. The van der Waals surface area contributed by atoms with E-state index >= 15 is 0 Å². The molecule has 0 aromatic heterocycles. The Bertz CT molecular complexity index is 1120. The second-order valence-corrected chi connectivity index (χ2v) is 8.59. The van der Waals surface area contributed by atoms with Crippen molar-refractivity contribution in [1.82, 2.24) is 5.32 Å². The van der Waals surface area contributed by atoms with E-state index in [-0.39, 0.29) is 24.5 Å². The van der Waals surface area contributed by atoms with Crippen molar-refractivity contribution in [1.29, 1.82) is 5.26 Å². The van der Waals surface area contributed by atoms with Gasteiger partial charge in [0.2, 0.25) is 5.91 Å². The lowest BCUT2D eigenvalue weighted by molar-refractivity contribution is -0.156. The van der Waals surface area contributed by atoms with Crippen LogP contribution in [-0.2, 0) is 11.0 Å². The fraction of sp³-hybridized carbons (Fsp3) is 0.417. The molecule has 2 saturated heterocycles. The number of rotatable bonds is 5. The Labute approximate surface area is 197 Å². The number of anilines is 1. The molecule has 2 aliphatic rings. The molecule has 0 saturated carbocycles. The molecule has 11 heteroatoms. The molecule has 0 spiro atoms. The number of nitrogens with zero attached hydrogens (tertiary/aromatic N) is 2. The van der Waals surface area contributed by atoms with Crippen LogP contribution in [0.3, 0.4) is 0 Å². The van der Waals surface area contributed by atoms with Crippen molar-refractivity contribution in [2.45, 2.75) is 49.6 Å². The first-order valence-electron chi connectivity index (χ1n) is 10.9. The molecule has 3 atom stereocenters. The number of carbonyl (C=O) groups excluding carboxylic acids is 1. The van der Waals surface area contributed by atoms with Crippen LogP contribution in [0, 0.1) is 11.3 Å². The smallest absolute Gasteiger partial charge is 0.417 e. The second kappa shape index (κ2) is 9.41. The molecular formula is C24H21F6N3O2. The van der Waals surface area contributed by atoms with Gasteiger partial charge < -0.3 is 9.64 Å². The lowest BCUT2D eigenvalue weighted by Crippen LogP contribution is -2.44. The SMILES string of the molecule is N#Cc1ccc(C2C[C@@H](COc3ccc(N4CCCC4=O)cc3)N[C@H]2C(F)(F)F)cc1C(F)(F)F. The lowest BCUT2D eigenvalue weighted by atomic mass is 9.88. The summed E-state index contributed by atoms with van der Waals surface area (Å²) in [6.07, 6.45) is -8.41. The largest absolute Gasteiger partial charge is 0.492 e. The van der Waals surface area contributed by atoms with Crippen LogP contribution < -0.4 is 15.0 Å². The van der Waals surface area contributed by atoms with E-state index < -0.39 is 41.5 Å². The van der Waals surface area contributed by atoms with Crippen LogP contribution in [-0.4, -0.2) is 37.3 Å². The van der Waals surface area contributed by atoms with Gasteiger partial charge in [0.1, 0.15) is 18.4 Å². The van der Waals surface area contributed by atoms with Crippen LogP contribution in [0.4, 0.5) is 32.0 Å². The highest BCUT2D eigenvalue weighted by Crippen LogP contribution is 2.42. The molecule has 2 aromatic carbocycles. The number of halogens is 6. The van der Waals surface area contributed by atoms with Gasteiger partial charge in [0.05, 0.1) is 17.2 Å². The van der Waals surface area contributed by atoms with Crippen LogP contribution in [0.2, 0.25) is 0 Å². The molecule has 1 unspecified atom stereocenters. The minimum atomic E-state index is -4.87. The number of nitriles is 1. The van der Waals surface area contributed by atoms with Gasteiger partial charge in [-0.05, 0) is 54.8 Å². The van der Waals surface area contributed by atoms with Crippen LogP contribution in [0.15, 0.2) is 42.5 Å². The van der Waals surface area contributed by atoms with Gasteiger partial charge in [0.25, 0.3) is 0 Å². The van der Waals surface area contributed by atoms with E-state index in [2.05, 4.69) is 5.32 Å². The molecule has 2 fully saturated rings. The molecule has 1 N–H and O–H groups in total. The van der Waals surface area contributed by atoms with Gasteiger partial charge in [-0.1, -0.05) is 6.07 Å². The number of amides is 1. The Morgan fingerprint density at radius 3 is 2.37 bits per heavy atom. The Morgan fingerprint density at radius 1 is 1.09 bits per heavy atom. The third-order valence-electron chi connectivity index (χ3n) is 6.28. The van der Waals surface area contributed by atoms with Gasteiger partial charge in [-0.15, -0.1) is 0 Å². The number of nitrogens with one attached hydrogen (secondary N) is 1. The molecule has 4 rings (SSSR count). The number of alkyl halides is 6. The molecule has 0 radical (unpaired) electrons. The summed E-state index contributed by atoms with van der Waals surface area (Å²) in [6, 6.07) is 7.89. The highest BCUT2D eigenvalue weighted by molar-refractivity contribution is 5.95. The first-order chi connectivity index (χ1) is 16.5. The van der Waals surface area contributed by atoms with Crippen molar-refractivity contribution in [3.63, 3.8) is 0 Å². The monoisotopic (exact) mass is 497 g/mol. The van der Waals surface area contributed by atoms with Crippen molar-refractivity contribution < 1.29 is 35.9 Å². The summed E-state index contributed by atoms with van der Waals surface area (Å²) in [6.45, 7) is 0.490. The maximum absolute atomic E-state index is 13.7. The van der Waals surface area contributed by atoms with E-state index in [4.69, 9.17) is 10.00 Å². The second-order valence-electron chi connectivity index (χ2n) is 8.59. The summed E-state index contributed by atoms with van der Waals surface area (Å²) in [5.74, 6) is -0.859. The Hall–Kier alpha value is -3.26. The molecule has 0 bridgehead atoms. The van der Waals surface area contributed by atoms with Crippen LogP contribution in [0.1, 0.15) is 41.9 Å². The lowest BCUT2D eigenvalue weighted by Gasteiger charge is -2.23. The van der Waals surface area contributed by atoms with Gasteiger partial charge in [-0.25, -0.2) is 0 Å². The van der Waals surface area contributed by atoms with Gasteiger partial charge >= 0.3 is 12.4 Å². The van der Waals surface area contributed by atoms with Crippen LogP contribution in [0.25, 0.3) is 0 Å². The maximum atomic E-state index is 13.7. The third-order valence-corrected chi connectivity index (χ3v) is 6.28. The first kappa shape index (κ1) is 24.9. The molecular weight excluding hydrogens is 476 g/mol. The fourth-order valence-electron chi connectivity index (χ4n) is 4.61. The quantitative estimate of drug-likeness (QED) is 0.580. The van der Waals surface area contributed by atoms with Gasteiger partial charge in [0.15, 0.2) is 0 Å². The molecule has 2 aliphatic heterocycles. The maximum Gasteiger partial charge on any atom is 0.417 e. The third kappa shape index (κ3) is 5.37. The van der Waals surface area contributed by atoms with Crippen molar-refractivity contribution in [3.05, 3.63) is 59.2 Å². The Morgan fingerprint density at radius 2 is 1.80 bits per heavy atom. The molecule has 2 aromatic rings. The molecule has 186 valence electrons. The molecule has 5 nitrogen and oxygen atoms in total. The minimum Gasteiger partial charge on any atom is -0.492 e. The number of hydrogen-bond acceptors (Lipinski definition) is 4. The summed E-state index contributed by atoms with van der Waals surface area (Å²) in [5.41, 5.74) is -1.34. The van der Waals surface area contributed by atoms with Gasteiger partial charge in [-0.3, -0.25) is 10.1 Å². The van der Waals surface area contributed by atoms with E-state index in [1.165, 1.54) is 6.07 Å². The average Bonchev–Trinajstić information content (AvgIpc) is 3.43. The Kier molecular flexibility index (Phi) is 6.68. The van der Waals surface area contributed by atoms with Gasteiger partial charge in [-0.2, -0.15) is 31.6 Å². The van der Waals surface area contributed by atoms with Gasteiger partial charge in [0, 0.05) is 30.6 Å². The first-order valence-corrected chi connectivity index (χ1v) is 10.9. The summed E-state index contributed by atoms with van der Waals surface area (Å²) in [7, 11) is 0. The van der Waals surface area contributed by atoms with Crippen molar-refractivity contribution in [2.24, 2.45) is 0 Å². The normalized spacial score (nSPS) is 22.9. The highest BCUT2D eigenvalue weighted by atomic mass is 19.4. The zero-order chi connectivity index (χ0) is 25.4.